The molecule has 0 aromatic carbocycles. The van der Waals surface area contributed by atoms with Crippen LogP contribution in [0, 0.1) is 0 Å². The van der Waals surface area contributed by atoms with Gasteiger partial charge in [0.2, 0.25) is 0 Å². The first-order valence-electron chi connectivity index (χ1n) is 2.37. The molecule has 1 heterocycles. The Bertz CT molecular complexity index is 80.1. The molecule has 0 amide bonds. The molecule has 0 spiro atoms. The summed E-state index contributed by atoms with van der Waals surface area (Å²) < 4.78 is 9.62. The van der Waals surface area contributed by atoms with Crippen LogP contribution in [0.4, 0.5) is 0 Å². The van der Waals surface area contributed by atoms with Crippen LogP contribution in [-0.4, -0.2) is 13.2 Å². The normalized spacial score (nSPS) is 21.6. The summed E-state index contributed by atoms with van der Waals surface area (Å²) in [5.74, 6) is 0.960. The highest BCUT2D eigenvalue weighted by Gasteiger charge is 2.11. The predicted octanol–water partition coefficient (Wildman–Crippen LogP) is 0.895. The quantitative estimate of drug-likeness (QED) is 0.379. The van der Waals surface area contributed by atoms with Crippen LogP contribution in [0.1, 0.15) is 6.92 Å². The molecule has 40 valence electrons. The van der Waals surface area contributed by atoms with Crippen LogP contribution in [0.2, 0.25) is 0 Å². The van der Waals surface area contributed by atoms with Crippen molar-refractivity contribution in [1.82, 2.24) is 0 Å². The summed E-state index contributed by atoms with van der Waals surface area (Å²) in [5.41, 5.74) is 0. The van der Waals surface area contributed by atoms with Crippen molar-refractivity contribution in [3.05, 3.63) is 12.0 Å². The Morgan fingerprint density at radius 2 is 2.71 bits per heavy atom. The van der Waals surface area contributed by atoms with Gasteiger partial charge in [0, 0.05) is 0 Å². The zero-order valence-corrected chi connectivity index (χ0v) is 4.31. The zero-order chi connectivity index (χ0) is 5.11. The molecule has 1 saturated heterocycles. The molecule has 1 fully saturated rings. The fraction of sp³-hybridized carbons (Fsp3) is 0.600. The van der Waals surface area contributed by atoms with Crippen LogP contribution in [0.5, 0.6) is 0 Å². The van der Waals surface area contributed by atoms with Gasteiger partial charge in [-0.2, -0.15) is 0 Å². The van der Waals surface area contributed by atoms with Crippen molar-refractivity contribution in [2.24, 2.45) is 0 Å². The van der Waals surface area contributed by atoms with E-state index in [2.05, 4.69) is 0 Å². The minimum absolute atomic E-state index is 0.729. The summed E-state index contributed by atoms with van der Waals surface area (Å²) in [7, 11) is 0. The molecule has 1 aliphatic heterocycles. The molecule has 7 heavy (non-hydrogen) atoms. The Labute approximate surface area is 42.7 Å². The van der Waals surface area contributed by atoms with Crippen molar-refractivity contribution in [1.29, 1.82) is 0 Å². The number of ether oxygens (including phenoxy) is 2. The molecular weight excluding hydrogens is 92.1 g/mol. The van der Waals surface area contributed by atoms with Gasteiger partial charge in [0.25, 0.3) is 0 Å². The largest absolute Gasteiger partial charge is 0.498 e. The Morgan fingerprint density at radius 1 is 2.00 bits per heavy atom. The van der Waals surface area contributed by atoms with E-state index in [1.807, 2.05) is 6.92 Å². The molecule has 1 aliphatic rings. The van der Waals surface area contributed by atoms with Gasteiger partial charge in [0.05, 0.1) is 6.61 Å². The van der Waals surface area contributed by atoms with E-state index < -0.39 is 0 Å². The molecule has 0 aliphatic carbocycles. The highest BCUT2D eigenvalue weighted by molar-refractivity contribution is 4.99. The standard InChI is InChI=1S/C5H8O2/c1-2-6-3-5-4-7-5/h3H,2,4H2,1H3. The topological polar surface area (TPSA) is 21.8 Å². The number of rotatable bonds is 2. The summed E-state index contributed by atoms with van der Waals surface area (Å²) >= 11 is 0. The van der Waals surface area contributed by atoms with Gasteiger partial charge in [-0.3, -0.25) is 0 Å². The molecule has 2 nitrogen and oxygen atoms in total. The van der Waals surface area contributed by atoms with Gasteiger partial charge in [-0.05, 0) is 6.92 Å². The maximum absolute atomic E-state index is 4.87. The third kappa shape index (κ3) is 1.48. The van der Waals surface area contributed by atoms with E-state index in [4.69, 9.17) is 9.47 Å². The smallest absolute Gasteiger partial charge is 0.168 e. The van der Waals surface area contributed by atoms with E-state index in [0.29, 0.717) is 0 Å². The van der Waals surface area contributed by atoms with Crippen molar-refractivity contribution in [3.8, 4) is 0 Å². The van der Waals surface area contributed by atoms with Crippen LogP contribution in [0.3, 0.4) is 0 Å². The van der Waals surface area contributed by atoms with Crippen molar-refractivity contribution in [3.63, 3.8) is 0 Å². The van der Waals surface area contributed by atoms with E-state index in [0.717, 1.165) is 19.0 Å². The zero-order valence-electron chi connectivity index (χ0n) is 4.31. The van der Waals surface area contributed by atoms with Gasteiger partial charge >= 0.3 is 0 Å². The monoisotopic (exact) mass is 100 g/mol. The van der Waals surface area contributed by atoms with E-state index in [9.17, 15) is 0 Å². The average Bonchev–Trinajstić information content (AvgIpc) is 2.42. The van der Waals surface area contributed by atoms with Gasteiger partial charge in [-0.1, -0.05) is 0 Å². The van der Waals surface area contributed by atoms with Crippen LogP contribution in [0.15, 0.2) is 12.0 Å². The third-order valence-corrected chi connectivity index (χ3v) is 0.692. The maximum Gasteiger partial charge on any atom is 0.168 e. The first kappa shape index (κ1) is 4.50. The highest BCUT2D eigenvalue weighted by atomic mass is 16.6. The fourth-order valence-electron chi connectivity index (χ4n) is 0.286. The Kier molecular flexibility index (Phi) is 1.20. The molecule has 2 heteroatoms. The predicted molar refractivity (Wildman–Crippen MR) is 25.7 cm³/mol. The fourth-order valence-corrected chi connectivity index (χ4v) is 0.286. The van der Waals surface area contributed by atoms with Crippen molar-refractivity contribution < 1.29 is 9.47 Å². The van der Waals surface area contributed by atoms with E-state index in [1.165, 1.54) is 0 Å². The number of hydrogen-bond acceptors (Lipinski definition) is 2. The summed E-state index contributed by atoms with van der Waals surface area (Å²) in [4.78, 5) is 0. The lowest BCUT2D eigenvalue weighted by molar-refractivity contribution is 0.263. The molecule has 0 aromatic rings. The van der Waals surface area contributed by atoms with E-state index in [-0.39, 0.29) is 0 Å². The van der Waals surface area contributed by atoms with Gasteiger partial charge in [-0.25, -0.2) is 0 Å². The molecular formula is C5H8O2. The molecule has 0 unspecified atom stereocenters. The van der Waals surface area contributed by atoms with Crippen LogP contribution in [0.25, 0.3) is 0 Å². The second kappa shape index (κ2) is 1.87. The van der Waals surface area contributed by atoms with Crippen LogP contribution in [-0.2, 0) is 9.47 Å². The maximum atomic E-state index is 4.87. The second-order valence-electron chi connectivity index (χ2n) is 1.33. The second-order valence-corrected chi connectivity index (χ2v) is 1.33. The minimum Gasteiger partial charge on any atom is -0.498 e. The molecule has 0 N–H and O–H groups in total. The lowest BCUT2D eigenvalue weighted by atomic mass is 10.7. The Hall–Kier alpha value is -0.660. The van der Waals surface area contributed by atoms with E-state index >= 15 is 0 Å². The third-order valence-electron chi connectivity index (χ3n) is 0.692. The number of epoxide rings is 1. The average molecular weight is 100 g/mol. The number of hydrogen-bond donors (Lipinski definition) is 0. The lowest BCUT2D eigenvalue weighted by Crippen LogP contribution is -1.74. The highest BCUT2D eigenvalue weighted by Crippen LogP contribution is 2.12. The van der Waals surface area contributed by atoms with Crippen LogP contribution < -0.4 is 0 Å². The van der Waals surface area contributed by atoms with Crippen molar-refractivity contribution in [2.45, 2.75) is 6.92 Å². The summed E-state index contributed by atoms with van der Waals surface area (Å²) in [6.07, 6.45) is 1.65. The van der Waals surface area contributed by atoms with Gasteiger partial charge in [-0.15, -0.1) is 0 Å². The van der Waals surface area contributed by atoms with Crippen molar-refractivity contribution >= 4 is 0 Å². The summed E-state index contributed by atoms with van der Waals surface area (Å²) in [6.45, 7) is 3.44. The summed E-state index contributed by atoms with van der Waals surface area (Å²) in [5, 5.41) is 0. The van der Waals surface area contributed by atoms with Crippen LogP contribution >= 0.6 is 0 Å². The first-order valence-corrected chi connectivity index (χ1v) is 2.37. The Balaban J connectivity index is 2.07. The van der Waals surface area contributed by atoms with Gasteiger partial charge < -0.3 is 9.47 Å². The molecule has 1 rings (SSSR count). The van der Waals surface area contributed by atoms with Gasteiger partial charge in [0.15, 0.2) is 5.76 Å². The van der Waals surface area contributed by atoms with Crippen molar-refractivity contribution in [2.75, 3.05) is 13.2 Å². The SMILES string of the molecule is CCOC=C1CO1. The van der Waals surface area contributed by atoms with Gasteiger partial charge in [0.1, 0.15) is 12.9 Å². The molecule has 0 bridgehead atoms. The van der Waals surface area contributed by atoms with E-state index in [1.54, 1.807) is 6.26 Å². The molecule has 0 aromatic heterocycles. The Morgan fingerprint density at radius 3 is 3.14 bits per heavy atom. The first-order chi connectivity index (χ1) is 3.43. The summed E-state index contributed by atoms with van der Waals surface area (Å²) in [6, 6.07) is 0. The minimum atomic E-state index is 0.729. The molecule has 0 atom stereocenters. The molecule has 0 saturated carbocycles. The lowest BCUT2D eigenvalue weighted by Gasteiger charge is -1.85. The molecule has 0 radical (unpaired) electrons.